The van der Waals surface area contributed by atoms with Crippen molar-refractivity contribution in [3.8, 4) is 0 Å². The van der Waals surface area contributed by atoms with Gasteiger partial charge < -0.3 is 0 Å². The van der Waals surface area contributed by atoms with Crippen LogP contribution in [0, 0.1) is 13.8 Å². The topological polar surface area (TPSA) is 84.3 Å². The summed E-state index contributed by atoms with van der Waals surface area (Å²) in [6, 6.07) is 6.54. The molecule has 0 radical (unpaired) electrons. The van der Waals surface area contributed by atoms with Crippen molar-refractivity contribution in [3.63, 3.8) is 0 Å². The fourth-order valence-electron chi connectivity index (χ4n) is 1.71. The lowest BCUT2D eigenvalue weighted by Gasteiger charge is -2.06. The molecule has 110 valence electrons. The summed E-state index contributed by atoms with van der Waals surface area (Å²) in [6.45, 7) is 5.35. The van der Waals surface area contributed by atoms with Gasteiger partial charge in [-0.15, -0.1) is 0 Å². The number of benzene rings is 1. The highest BCUT2D eigenvalue weighted by atomic mass is 32.2. The number of nitrogens with one attached hydrogen (secondary N) is 1. The van der Waals surface area contributed by atoms with E-state index in [1.807, 2.05) is 6.92 Å². The fraction of sp³-hybridized carbons (Fsp3) is 0.214. The minimum Gasteiger partial charge on any atom is -0.258 e. The number of aryl methyl sites for hydroxylation is 2. The van der Waals surface area contributed by atoms with Crippen LogP contribution in [0.3, 0.4) is 0 Å². The lowest BCUT2D eigenvalue weighted by atomic mass is 10.2. The Balaban J connectivity index is 2.23. The Labute approximate surface area is 124 Å². The van der Waals surface area contributed by atoms with Crippen LogP contribution in [0.2, 0.25) is 0 Å². The second-order valence-corrected chi connectivity index (χ2v) is 6.26. The van der Waals surface area contributed by atoms with Crippen molar-refractivity contribution in [2.75, 3.05) is 0 Å². The number of nitrogens with zero attached hydrogens (tertiary/aromatic N) is 3. The standard InChI is InChI=1S/C14H16N4O2S/c1-10-4-6-13(7-5-10)21(19,20)18-17-12(3)14-11(2)15-8-9-16-14/h4-9,18H,1-3H3/b17-12+. The molecule has 2 aromatic rings. The van der Waals surface area contributed by atoms with Crippen LogP contribution in [-0.4, -0.2) is 24.1 Å². The molecule has 6 nitrogen and oxygen atoms in total. The van der Waals surface area contributed by atoms with Crippen LogP contribution in [0.15, 0.2) is 46.7 Å². The van der Waals surface area contributed by atoms with Gasteiger partial charge in [0.15, 0.2) is 0 Å². The number of hydrogen-bond acceptors (Lipinski definition) is 5. The monoisotopic (exact) mass is 304 g/mol. The van der Waals surface area contributed by atoms with Gasteiger partial charge in [-0.1, -0.05) is 17.7 Å². The number of rotatable bonds is 4. The molecule has 0 bridgehead atoms. The molecule has 1 aromatic heterocycles. The maximum atomic E-state index is 12.1. The van der Waals surface area contributed by atoms with E-state index in [-0.39, 0.29) is 4.90 Å². The summed E-state index contributed by atoms with van der Waals surface area (Å²) in [4.78, 5) is 10.6. The van der Waals surface area contributed by atoms with E-state index in [1.165, 1.54) is 18.3 Å². The molecule has 0 saturated heterocycles. The van der Waals surface area contributed by atoms with Crippen LogP contribution >= 0.6 is 0 Å². The van der Waals surface area contributed by atoms with Crippen molar-refractivity contribution in [3.05, 3.63) is 53.6 Å². The molecule has 0 saturated carbocycles. The molecule has 0 atom stereocenters. The van der Waals surface area contributed by atoms with Gasteiger partial charge in [-0.3, -0.25) is 9.97 Å². The normalized spacial score (nSPS) is 12.2. The number of aromatic nitrogens is 2. The first-order chi connectivity index (χ1) is 9.90. The molecule has 21 heavy (non-hydrogen) atoms. The molecule has 0 amide bonds. The second kappa shape index (κ2) is 6.01. The van der Waals surface area contributed by atoms with Crippen LogP contribution in [-0.2, 0) is 10.0 Å². The van der Waals surface area contributed by atoms with Crippen molar-refractivity contribution in [2.24, 2.45) is 5.10 Å². The summed E-state index contributed by atoms with van der Waals surface area (Å²) in [7, 11) is -3.68. The first-order valence-electron chi connectivity index (χ1n) is 6.31. The third-order valence-electron chi connectivity index (χ3n) is 2.89. The minimum absolute atomic E-state index is 0.167. The van der Waals surface area contributed by atoms with Crippen molar-refractivity contribution in [1.82, 2.24) is 14.8 Å². The van der Waals surface area contributed by atoms with E-state index < -0.39 is 10.0 Å². The van der Waals surface area contributed by atoms with Gasteiger partial charge in [-0.25, -0.2) is 0 Å². The van der Waals surface area contributed by atoms with Crippen molar-refractivity contribution in [2.45, 2.75) is 25.7 Å². The highest BCUT2D eigenvalue weighted by Gasteiger charge is 2.13. The first kappa shape index (κ1) is 15.1. The Morgan fingerprint density at radius 1 is 1.10 bits per heavy atom. The zero-order valence-corrected chi connectivity index (χ0v) is 12.8. The van der Waals surface area contributed by atoms with Crippen LogP contribution in [0.1, 0.15) is 23.9 Å². The van der Waals surface area contributed by atoms with Crippen molar-refractivity contribution in [1.29, 1.82) is 0 Å². The number of sulfonamides is 1. The highest BCUT2D eigenvalue weighted by Crippen LogP contribution is 2.10. The van der Waals surface area contributed by atoms with Gasteiger partial charge in [0.1, 0.15) is 5.69 Å². The van der Waals surface area contributed by atoms with Gasteiger partial charge in [0, 0.05) is 12.4 Å². The van der Waals surface area contributed by atoms with E-state index >= 15 is 0 Å². The van der Waals surface area contributed by atoms with Crippen molar-refractivity contribution >= 4 is 15.7 Å². The van der Waals surface area contributed by atoms with Crippen LogP contribution < -0.4 is 4.83 Å². The van der Waals surface area contributed by atoms with Crippen molar-refractivity contribution < 1.29 is 8.42 Å². The lowest BCUT2D eigenvalue weighted by molar-refractivity contribution is 0.584. The Hall–Kier alpha value is -2.28. The first-order valence-corrected chi connectivity index (χ1v) is 7.79. The maximum Gasteiger partial charge on any atom is 0.276 e. The number of hydrazone groups is 1. The average molecular weight is 304 g/mol. The Kier molecular flexibility index (Phi) is 4.32. The molecule has 1 aromatic carbocycles. The lowest BCUT2D eigenvalue weighted by Crippen LogP contribution is -2.20. The van der Waals surface area contributed by atoms with E-state index in [1.54, 1.807) is 32.2 Å². The zero-order chi connectivity index (χ0) is 15.5. The minimum atomic E-state index is -3.68. The summed E-state index contributed by atoms with van der Waals surface area (Å²) < 4.78 is 24.2. The highest BCUT2D eigenvalue weighted by molar-refractivity contribution is 7.89. The summed E-state index contributed by atoms with van der Waals surface area (Å²) in [6.07, 6.45) is 3.11. The van der Waals surface area contributed by atoms with E-state index in [0.717, 1.165) is 5.56 Å². The molecule has 0 spiro atoms. The van der Waals surface area contributed by atoms with Gasteiger partial charge in [-0.2, -0.15) is 18.4 Å². The molecular formula is C14H16N4O2S. The molecule has 0 aliphatic heterocycles. The third kappa shape index (κ3) is 3.63. The van der Waals surface area contributed by atoms with E-state index in [2.05, 4.69) is 19.9 Å². The molecular weight excluding hydrogens is 288 g/mol. The summed E-state index contributed by atoms with van der Waals surface area (Å²) in [5.41, 5.74) is 2.69. The number of hydrogen-bond donors (Lipinski definition) is 1. The molecule has 0 fully saturated rings. The SMILES string of the molecule is C/C(=N\NS(=O)(=O)c1ccc(C)cc1)c1nccnc1C. The predicted octanol–water partition coefficient (Wildman–Crippen LogP) is 1.80. The molecule has 0 aliphatic rings. The Morgan fingerprint density at radius 2 is 1.71 bits per heavy atom. The van der Waals surface area contributed by atoms with Crippen LogP contribution in [0.25, 0.3) is 0 Å². The maximum absolute atomic E-state index is 12.1. The molecule has 0 unspecified atom stereocenters. The molecule has 1 N–H and O–H groups in total. The Morgan fingerprint density at radius 3 is 2.33 bits per heavy atom. The van der Waals surface area contributed by atoms with E-state index in [4.69, 9.17) is 0 Å². The Bertz CT molecular complexity index is 768. The zero-order valence-electron chi connectivity index (χ0n) is 12.0. The summed E-state index contributed by atoms with van der Waals surface area (Å²) >= 11 is 0. The van der Waals surface area contributed by atoms with Gasteiger partial charge in [0.25, 0.3) is 10.0 Å². The molecule has 0 aliphatic carbocycles. The average Bonchev–Trinajstić information content (AvgIpc) is 2.46. The molecule has 7 heteroatoms. The van der Waals surface area contributed by atoms with Gasteiger partial charge in [-0.05, 0) is 32.9 Å². The predicted molar refractivity (Wildman–Crippen MR) is 80.5 cm³/mol. The summed E-state index contributed by atoms with van der Waals surface area (Å²) in [5.74, 6) is 0. The van der Waals surface area contributed by atoms with Gasteiger partial charge in [0.05, 0.1) is 16.3 Å². The summed E-state index contributed by atoms with van der Waals surface area (Å²) in [5, 5.41) is 3.90. The van der Waals surface area contributed by atoms with E-state index in [0.29, 0.717) is 17.1 Å². The molecule has 1 heterocycles. The third-order valence-corrected chi connectivity index (χ3v) is 4.11. The smallest absolute Gasteiger partial charge is 0.258 e. The fourth-order valence-corrected chi connectivity index (χ4v) is 2.57. The largest absolute Gasteiger partial charge is 0.276 e. The quantitative estimate of drug-likeness (QED) is 0.689. The van der Waals surface area contributed by atoms with Gasteiger partial charge in [0.2, 0.25) is 0 Å². The second-order valence-electron chi connectivity index (χ2n) is 4.60. The van der Waals surface area contributed by atoms with E-state index in [9.17, 15) is 8.42 Å². The molecule has 2 rings (SSSR count). The van der Waals surface area contributed by atoms with Gasteiger partial charge >= 0.3 is 0 Å². The van der Waals surface area contributed by atoms with Crippen LogP contribution in [0.5, 0.6) is 0 Å². The van der Waals surface area contributed by atoms with Crippen LogP contribution in [0.4, 0.5) is 0 Å².